The second-order valence-electron chi connectivity index (χ2n) is 7.11. The number of aromatic nitrogens is 2. The first-order valence-corrected chi connectivity index (χ1v) is 10.0. The van der Waals surface area contributed by atoms with Gasteiger partial charge in [-0.05, 0) is 37.0 Å². The van der Waals surface area contributed by atoms with Gasteiger partial charge < -0.3 is 10.5 Å². The third kappa shape index (κ3) is 4.98. The van der Waals surface area contributed by atoms with Crippen LogP contribution in [0.4, 0.5) is 0 Å². The van der Waals surface area contributed by atoms with Gasteiger partial charge in [-0.3, -0.25) is 9.79 Å². The minimum absolute atomic E-state index is 0.0940. The van der Waals surface area contributed by atoms with E-state index in [0.717, 1.165) is 28.9 Å². The third-order valence-electron chi connectivity index (χ3n) is 4.49. The van der Waals surface area contributed by atoms with Crippen molar-refractivity contribution in [1.82, 2.24) is 9.97 Å². The molecule has 146 valence electrons. The fraction of sp³-hybridized carbons (Fsp3) is 0.333. The monoisotopic (exact) mass is 396 g/mol. The van der Waals surface area contributed by atoms with Crippen LogP contribution in [0.2, 0.25) is 0 Å². The molecule has 2 aromatic rings. The number of Topliss-reactive ketones (excluding diaryl/α,β-unsaturated/α-hetero) is 1. The van der Waals surface area contributed by atoms with E-state index < -0.39 is 0 Å². The molecule has 1 aromatic heterocycles. The summed E-state index contributed by atoms with van der Waals surface area (Å²) in [4.78, 5) is 25.6. The van der Waals surface area contributed by atoms with Gasteiger partial charge in [-0.25, -0.2) is 9.97 Å². The molecule has 2 heterocycles. The second kappa shape index (κ2) is 8.56. The molecule has 0 aliphatic carbocycles. The zero-order chi connectivity index (χ0) is 20.1. The zero-order valence-electron chi connectivity index (χ0n) is 16.1. The zero-order valence-corrected chi connectivity index (χ0v) is 17.0. The minimum atomic E-state index is -0.351. The van der Waals surface area contributed by atoms with Crippen LogP contribution in [0.3, 0.4) is 0 Å². The van der Waals surface area contributed by atoms with Gasteiger partial charge in [0, 0.05) is 12.2 Å². The number of nitrogens with zero attached hydrogens (tertiary/aromatic N) is 3. The number of hydrogen-bond acceptors (Lipinski definition) is 7. The summed E-state index contributed by atoms with van der Waals surface area (Å²) in [7, 11) is 0. The average Bonchev–Trinajstić information content (AvgIpc) is 2.67. The minimum Gasteiger partial charge on any atom is -0.472 e. The Morgan fingerprint density at radius 1 is 1.36 bits per heavy atom. The molecule has 1 aliphatic heterocycles. The molecule has 1 atom stereocenters. The van der Waals surface area contributed by atoms with Crippen molar-refractivity contribution in [3.63, 3.8) is 0 Å². The lowest BCUT2D eigenvalue weighted by molar-refractivity contribution is 0.0987. The molecule has 0 amide bonds. The quantitative estimate of drug-likeness (QED) is 0.569. The van der Waals surface area contributed by atoms with E-state index in [9.17, 15) is 4.79 Å². The van der Waals surface area contributed by atoms with Gasteiger partial charge in [-0.15, -0.1) is 0 Å². The van der Waals surface area contributed by atoms with Crippen LogP contribution >= 0.6 is 11.8 Å². The van der Waals surface area contributed by atoms with Gasteiger partial charge in [-0.1, -0.05) is 42.6 Å². The Bertz CT molecular complexity index is 911. The summed E-state index contributed by atoms with van der Waals surface area (Å²) in [6.07, 6.45) is 4.07. The molecule has 6 nitrogen and oxygen atoms in total. The van der Waals surface area contributed by atoms with E-state index >= 15 is 0 Å². The van der Waals surface area contributed by atoms with Crippen LogP contribution in [0.15, 0.2) is 53.8 Å². The summed E-state index contributed by atoms with van der Waals surface area (Å²) in [6, 6.07) is 7.96. The predicted octanol–water partition coefficient (Wildman–Crippen LogP) is 3.52. The maximum Gasteiger partial charge on any atom is 0.232 e. The Morgan fingerprint density at radius 3 is 2.86 bits per heavy atom. The first-order valence-electron chi connectivity index (χ1n) is 9.06. The second-order valence-corrected chi connectivity index (χ2v) is 8.22. The fourth-order valence-corrected chi connectivity index (χ4v) is 3.89. The number of ether oxygens (including phenoxy) is 1. The third-order valence-corrected chi connectivity index (χ3v) is 5.28. The van der Waals surface area contributed by atoms with Gasteiger partial charge in [0.15, 0.2) is 11.0 Å². The molecular formula is C21H24N4O2S. The Morgan fingerprint density at radius 2 is 2.18 bits per heavy atom. The maximum atomic E-state index is 12.6. The average molecular weight is 397 g/mol. The van der Waals surface area contributed by atoms with Gasteiger partial charge in [0.1, 0.15) is 12.3 Å². The van der Waals surface area contributed by atoms with Crippen LogP contribution in [0.5, 0.6) is 5.88 Å². The van der Waals surface area contributed by atoms with Crippen molar-refractivity contribution in [2.24, 2.45) is 10.7 Å². The molecule has 7 heteroatoms. The molecule has 0 unspecified atom stereocenters. The number of carbonyl (C=O) groups excluding carboxylic acids is 1. The summed E-state index contributed by atoms with van der Waals surface area (Å²) in [5.41, 5.74) is 8.76. The molecule has 0 spiro atoms. The van der Waals surface area contributed by atoms with Crippen molar-refractivity contribution < 1.29 is 9.53 Å². The Balaban J connectivity index is 1.71. The number of hydrogen-bond donors (Lipinski definition) is 1. The lowest BCUT2D eigenvalue weighted by Crippen LogP contribution is -2.28. The van der Waals surface area contributed by atoms with E-state index in [2.05, 4.69) is 28.5 Å². The molecule has 2 N–H and O–H groups in total. The van der Waals surface area contributed by atoms with Crippen LogP contribution in [0, 0.1) is 0 Å². The highest BCUT2D eigenvalue weighted by Gasteiger charge is 2.29. The largest absolute Gasteiger partial charge is 0.472 e. The van der Waals surface area contributed by atoms with E-state index in [-0.39, 0.29) is 17.7 Å². The highest BCUT2D eigenvalue weighted by molar-refractivity contribution is 8.13. The van der Waals surface area contributed by atoms with Crippen molar-refractivity contribution in [3.8, 4) is 5.88 Å². The van der Waals surface area contributed by atoms with Crippen molar-refractivity contribution in [3.05, 3.63) is 65.6 Å². The van der Waals surface area contributed by atoms with Gasteiger partial charge >= 0.3 is 0 Å². The number of thioether (sulfide) groups is 1. The van der Waals surface area contributed by atoms with Crippen LogP contribution < -0.4 is 10.5 Å². The maximum absolute atomic E-state index is 12.6. The number of amidine groups is 1. The Kier molecular flexibility index (Phi) is 6.14. The molecule has 3 rings (SSSR count). The standard InChI is InChI=1S/C21H24N4O2S/c1-14(2)13-27-19-12-23-17(11-24-19)18(26)10-15-5-4-6-16(9-15)21(3)7-8-28-20(22)25-21/h4-6,9,11-12H,1,7-8,10,13H2,2-3H3,(H2,22,25)/t21-/m0/s1. The van der Waals surface area contributed by atoms with E-state index in [4.69, 9.17) is 10.5 Å². The van der Waals surface area contributed by atoms with Crippen LogP contribution in [0.1, 0.15) is 41.9 Å². The van der Waals surface area contributed by atoms with Crippen molar-refractivity contribution in [1.29, 1.82) is 0 Å². The SMILES string of the molecule is C=C(C)COc1cnc(C(=O)Cc2cccc([C@]3(C)CCSC(N)=N3)c2)cn1. The number of ketones is 1. The van der Waals surface area contributed by atoms with Crippen molar-refractivity contribution in [2.45, 2.75) is 32.2 Å². The lowest BCUT2D eigenvalue weighted by Gasteiger charge is -2.30. The summed E-state index contributed by atoms with van der Waals surface area (Å²) in [5.74, 6) is 1.22. The number of aliphatic imine (C=N–C) groups is 1. The molecule has 28 heavy (non-hydrogen) atoms. The van der Waals surface area contributed by atoms with E-state index in [0.29, 0.717) is 23.3 Å². The molecule has 0 bridgehead atoms. The van der Waals surface area contributed by atoms with E-state index in [1.807, 2.05) is 31.2 Å². The van der Waals surface area contributed by atoms with Gasteiger partial charge in [0.05, 0.1) is 17.9 Å². The normalized spacial score (nSPS) is 19.0. The lowest BCUT2D eigenvalue weighted by atomic mass is 9.88. The topological polar surface area (TPSA) is 90.5 Å². The highest BCUT2D eigenvalue weighted by atomic mass is 32.2. The van der Waals surface area contributed by atoms with Crippen LogP contribution in [0.25, 0.3) is 0 Å². The molecule has 1 aliphatic rings. The molecule has 0 saturated heterocycles. The van der Waals surface area contributed by atoms with E-state index in [1.54, 1.807) is 11.8 Å². The Labute approximate surface area is 169 Å². The summed E-state index contributed by atoms with van der Waals surface area (Å²) in [6.45, 7) is 8.09. The number of nitrogens with two attached hydrogens (primary N) is 1. The molecular weight excluding hydrogens is 372 g/mol. The smallest absolute Gasteiger partial charge is 0.232 e. The Hall–Kier alpha value is -2.67. The number of benzene rings is 1. The van der Waals surface area contributed by atoms with Crippen molar-refractivity contribution >= 4 is 22.7 Å². The first kappa shape index (κ1) is 20.1. The molecule has 0 fully saturated rings. The fourth-order valence-electron chi connectivity index (χ4n) is 2.92. The van der Waals surface area contributed by atoms with Gasteiger partial charge in [-0.2, -0.15) is 0 Å². The first-order chi connectivity index (χ1) is 13.4. The molecule has 0 radical (unpaired) electrons. The predicted molar refractivity (Wildman–Crippen MR) is 113 cm³/mol. The van der Waals surface area contributed by atoms with Crippen molar-refractivity contribution in [2.75, 3.05) is 12.4 Å². The number of carbonyl (C=O) groups is 1. The molecule has 1 aromatic carbocycles. The molecule has 0 saturated carbocycles. The van der Waals surface area contributed by atoms with Gasteiger partial charge in [0.2, 0.25) is 5.88 Å². The summed E-state index contributed by atoms with van der Waals surface area (Å²) < 4.78 is 5.41. The van der Waals surface area contributed by atoms with Crippen LogP contribution in [-0.2, 0) is 12.0 Å². The number of rotatable bonds is 7. The highest BCUT2D eigenvalue weighted by Crippen LogP contribution is 2.35. The van der Waals surface area contributed by atoms with Crippen LogP contribution in [-0.4, -0.2) is 33.3 Å². The summed E-state index contributed by atoms with van der Waals surface area (Å²) >= 11 is 1.58. The summed E-state index contributed by atoms with van der Waals surface area (Å²) in [5, 5.41) is 0.611. The van der Waals surface area contributed by atoms with Gasteiger partial charge in [0.25, 0.3) is 0 Å². The van der Waals surface area contributed by atoms with E-state index in [1.165, 1.54) is 12.4 Å².